The molecule has 2 aromatic carbocycles. The number of amides is 2. The van der Waals surface area contributed by atoms with E-state index in [0.29, 0.717) is 53.7 Å². The molecule has 1 aliphatic carbocycles. The van der Waals surface area contributed by atoms with Crippen LogP contribution in [-0.2, 0) is 9.59 Å². The molecule has 2 amide bonds. The van der Waals surface area contributed by atoms with Crippen LogP contribution < -0.4 is 26.6 Å². The Bertz CT molecular complexity index is 1210. The highest BCUT2D eigenvalue weighted by Gasteiger charge is 2.45. The third kappa shape index (κ3) is 5.71. The normalized spacial score (nSPS) is 20.6. The Morgan fingerprint density at radius 3 is 2.28 bits per heavy atom. The van der Waals surface area contributed by atoms with Gasteiger partial charge in [-0.2, -0.15) is 0 Å². The molecular weight excluding hydrogens is 484 g/mol. The van der Waals surface area contributed by atoms with E-state index in [1.54, 1.807) is 36.4 Å². The van der Waals surface area contributed by atoms with Crippen LogP contribution in [-0.4, -0.2) is 35.6 Å². The van der Waals surface area contributed by atoms with Gasteiger partial charge in [0, 0.05) is 35.7 Å². The van der Waals surface area contributed by atoms with Gasteiger partial charge < -0.3 is 21.3 Å². The highest BCUT2D eigenvalue weighted by atomic mass is 32.1. The number of carbonyl (C=O) groups excluding carboxylic acids is 2. The number of rotatable bonds is 9. The third-order valence-electron chi connectivity index (χ3n) is 6.04. The van der Waals surface area contributed by atoms with E-state index in [2.05, 4.69) is 26.6 Å². The van der Waals surface area contributed by atoms with Crippen molar-refractivity contribution in [3.8, 4) is 0 Å². The van der Waals surface area contributed by atoms with Gasteiger partial charge in [0.15, 0.2) is 5.11 Å². The number of fused-ring (bicyclic) bond motifs is 1. The van der Waals surface area contributed by atoms with Gasteiger partial charge in [0.1, 0.15) is 11.6 Å². The summed E-state index contributed by atoms with van der Waals surface area (Å²) in [5.41, 5.74) is 1.24. The summed E-state index contributed by atoms with van der Waals surface area (Å²) < 4.78 is 27.1. The van der Waals surface area contributed by atoms with Crippen molar-refractivity contribution in [3.05, 3.63) is 83.6 Å². The summed E-state index contributed by atoms with van der Waals surface area (Å²) in [4.78, 5) is 25.1. The van der Waals surface area contributed by atoms with Crippen LogP contribution in [0.1, 0.15) is 19.8 Å². The molecule has 2 aromatic rings. The fourth-order valence-electron chi connectivity index (χ4n) is 4.32. The second kappa shape index (κ2) is 10.9. The summed E-state index contributed by atoms with van der Waals surface area (Å²) in [6, 6.07) is 11.7. The molecule has 4 rings (SSSR count). The predicted octanol–water partition coefficient (Wildman–Crippen LogP) is 3.59. The minimum absolute atomic E-state index is 0.343. The Kier molecular flexibility index (Phi) is 7.64. The van der Waals surface area contributed by atoms with Crippen LogP contribution in [0.3, 0.4) is 0 Å². The van der Waals surface area contributed by atoms with Gasteiger partial charge in [0.05, 0.1) is 11.5 Å². The summed E-state index contributed by atoms with van der Waals surface area (Å²) in [5, 5.41) is 15.9. The van der Waals surface area contributed by atoms with E-state index in [9.17, 15) is 18.4 Å². The molecule has 188 valence electrons. The molecule has 2 aliphatic rings. The van der Waals surface area contributed by atoms with Crippen molar-refractivity contribution < 1.29 is 18.4 Å². The molecule has 0 radical (unpaired) electrons. The Labute approximate surface area is 213 Å². The van der Waals surface area contributed by atoms with Gasteiger partial charge in [0.2, 0.25) is 5.91 Å². The summed E-state index contributed by atoms with van der Waals surface area (Å²) in [5.74, 6) is -2.35. The van der Waals surface area contributed by atoms with Crippen molar-refractivity contribution in [2.24, 2.45) is 5.92 Å². The molecule has 2 atom stereocenters. The van der Waals surface area contributed by atoms with Crippen LogP contribution in [0.15, 0.2) is 72.0 Å². The lowest BCUT2D eigenvalue weighted by Crippen LogP contribution is -2.45. The maximum Gasteiger partial charge on any atom is 0.254 e. The first-order valence-corrected chi connectivity index (χ1v) is 12.1. The SMILES string of the molecule is CCNC(=S)NCCCC1(Nc2ccc(F)cc2)C=C2C(=O)NC(=O)C2C=C1Nc1ccc(F)cc1. The largest absolute Gasteiger partial charge is 0.371 e. The van der Waals surface area contributed by atoms with Gasteiger partial charge in [-0.3, -0.25) is 14.9 Å². The molecule has 1 heterocycles. The molecule has 5 N–H and O–H groups in total. The van der Waals surface area contributed by atoms with Crippen molar-refractivity contribution in [1.29, 1.82) is 0 Å². The molecule has 1 fully saturated rings. The number of thiocarbonyl (C=S) groups is 1. The number of imide groups is 1. The van der Waals surface area contributed by atoms with E-state index in [1.165, 1.54) is 24.3 Å². The van der Waals surface area contributed by atoms with Crippen LogP contribution in [0.25, 0.3) is 0 Å². The number of carbonyl (C=O) groups is 2. The molecule has 0 aromatic heterocycles. The second-order valence-electron chi connectivity index (χ2n) is 8.60. The zero-order valence-electron chi connectivity index (χ0n) is 19.7. The summed E-state index contributed by atoms with van der Waals surface area (Å²) >= 11 is 5.25. The Hall–Kier alpha value is -3.79. The summed E-state index contributed by atoms with van der Waals surface area (Å²) in [6.07, 6.45) is 4.60. The van der Waals surface area contributed by atoms with Crippen LogP contribution >= 0.6 is 12.2 Å². The maximum atomic E-state index is 13.6. The van der Waals surface area contributed by atoms with E-state index in [1.807, 2.05) is 6.92 Å². The number of anilines is 2. The fraction of sp³-hybridized carbons (Fsp3) is 0.269. The van der Waals surface area contributed by atoms with Gasteiger partial charge >= 0.3 is 0 Å². The fourth-order valence-corrected chi connectivity index (χ4v) is 4.57. The van der Waals surface area contributed by atoms with Gasteiger partial charge in [-0.15, -0.1) is 0 Å². The van der Waals surface area contributed by atoms with Crippen molar-refractivity contribution in [2.75, 3.05) is 23.7 Å². The number of benzene rings is 2. The molecule has 0 spiro atoms. The molecule has 1 aliphatic heterocycles. The molecular formula is C26H27F2N5O2S. The second-order valence-corrected chi connectivity index (χ2v) is 9.01. The van der Waals surface area contributed by atoms with Crippen molar-refractivity contribution in [3.63, 3.8) is 0 Å². The molecule has 36 heavy (non-hydrogen) atoms. The average molecular weight is 512 g/mol. The standard InChI is InChI=1S/C26H27F2N5O2S/c1-2-29-25(36)30-13-3-12-26(33-19-10-6-17(28)7-11-19)15-21-20(23(34)32-24(21)35)14-22(26)31-18-8-4-16(27)5-9-18/h4-11,14-15,20,31,33H,2-3,12-13H2,1H3,(H2,29,30,36)(H,32,34,35). The topological polar surface area (TPSA) is 94.3 Å². The van der Waals surface area contributed by atoms with Crippen molar-refractivity contribution in [1.82, 2.24) is 16.0 Å². The highest BCUT2D eigenvalue weighted by Crippen LogP contribution is 2.39. The maximum absolute atomic E-state index is 13.6. The van der Waals surface area contributed by atoms with E-state index < -0.39 is 23.3 Å². The van der Waals surface area contributed by atoms with Gasteiger partial charge in [0.25, 0.3) is 5.91 Å². The zero-order chi connectivity index (χ0) is 25.7. The molecule has 1 saturated heterocycles. The number of halogens is 2. The van der Waals surface area contributed by atoms with Gasteiger partial charge in [-0.25, -0.2) is 8.78 Å². The van der Waals surface area contributed by atoms with Crippen LogP contribution in [0, 0.1) is 17.6 Å². The van der Waals surface area contributed by atoms with Crippen LogP contribution in [0.4, 0.5) is 20.2 Å². The molecule has 10 heteroatoms. The lowest BCUT2D eigenvalue weighted by molar-refractivity contribution is -0.125. The monoisotopic (exact) mass is 511 g/mol. The van der Waals surface area contributed by atoms with Crippen LogP contribution in [0.5, 0.6) is 0 Å². The smallest absolute Gasteiger partial charge is 0.254 e. The average Bonchev–Trinajstić information content (AvgIpc) is 3.12. The zero-order valence-corrected chi connectivity index (χ0v) is 20.5. The first-order chi connectivity index (χ1) is 17.3. The third-order valence-corrected chi connectivity index (χ3v) is 6.33. The van der Waals surface area contributed by atoms with E-state index in [-0.39, 0.29) is 11.6 Å². The van der Waals surface area contributed by atoms with Crippen molar-refractivity contribution >= 4 is 40.5 Å². The molecule has 0 saturated carbocycles. The number of nitrogens with one attached hydrogen (secondary N) is 5. The number of hydrogen-bond acceptors (Lipinski definition) is 5. The Balaban J connectivity index is 1.70. The molecule has 7 nitrogen and oxygen atoms in total. The molecule has 0 bridgehead atoms. The van der Waals surface area contributed by atoms with Crippen molar-refractivity contribution in [2.45, 2.75) is 25.3 Å². The number of hydrogen-bond donors (Lipinski definition) is 5. The lowest BCUT2D eigenvalue weighted by Gasteiger charge is -2.39. The predicted molar refractivity (Wildman–Crippen MR) is 139 cm³/mol. The minimum Gasteiger partial charge on any atom is -0.371 e. The first kappa shape index (κ1) is 25.3. The van der Waals surface area contributed by atoms with E-state index >= 15 is 0 Å². The Morgan fingerprint density at radius 2 is 1.64 bits per heavy atom. The van der Waals surface area contributed by atoms with Crippen LogP contribution in [0.2, 0.25) is 0 Å². The Morgan fingerprint density at radius 1 is 1.00 bits per heavy atom. The van der Waals surface area contributed by atoms with E-state index in [4.69, 9.17) is 12.2 Å². The lowest BCUT2D eigenvalue weighted by atomic mass is 9.78. The molecule has 2 unspecified atom stereocenters. The highest BCUT2D eigenvalue weighted by molar-refractivity contribution is 7.80. The quantitative estimate of drug-likeness (QED) is 0.200. The summed E-state index contributed by atoms with van der Waals surface area (Å²) in [6.45, 7) is 3.21. The van der Waals surface area contributed by atoms with E-state index in [0.717, 1.165) is 0 Å². The van der Waals surface area contributed by atoms with Gasteiger partial charge in [-0.05, 0) is 92.7 Å². The van der Waals surface area contributed by atoms with Gasteiger partial charge in [-0.1, -0.05) is 0 Å². The summed E-state index contributed by atoms with van der Waals surface area (Å²) in [7, 11) is 0. The minimum atomic E-state index is -0.957. The first-order valence-electron chi connectivity index (χ1n) is 11.7.